The van der Waals surface area contributed by atoms with Crippen molar-refractivity contribution in [2.75, 3.05) is 6.54 Å². The first kappa shape index (κ1) is 12.8. The molecule has 1 aliphatic rings. The molecule has 2 aromatic rings. The van der Waals surface area contributed by atoms with E-state index >= 15 is 0 Å². The second-order valence-electron chi connectivity index (χ2n) is 5.09. The summed E-state index contributed by atoms with van der Waals surface area (Å²) in [5.41, 5.74) is 2.54. The zero-order valence-corrected chi connectivity index (χ0v) is 11.6. The molecule has 0 amide bonds. The lowest BCUT2D eigenvalue weighted by Gasteiger charge is -2.25. The molecule has 2 aromatic heterocycles. The number of nitrogens with zero attached hydrogens (tertiary/aromatic N) is 2. The van der Waals surface area contributed by atoms with Crippen LogP contribution in [0.3, 0.4) is 0 Å². The van der Waals surface area contributed by atoms with Gasteiger partial charge in [-0.2, -0.15) is 11.3 Å². The number of likely N-dealkylation sites (tertiary alicyclic amines) is 1. The van der Waals surface area contributed by atoms with Gasteiger partial charge < -0.3 is 5.11 Å². The van der Waals surface area contributed by atoms with Crippen LogP contribution in [0.1, 0.15) is 17.5 Å². The molecule has 4 heteroatoms. The van der Waals surface area contributed by atoms with E-state index in [1.54, 1.807) is 17.5 Å². The fraction of sp³-hybridized carbons (Fsp3) is 0.400. The van der Waals surface area contributed by atoms with Crippen molar-refractivity contribution in [2.45, 2.75) is 31.5 Å². The van der Waals surface area contributed by atoms with Crippen LogP contribution in [0.2, 0.25) is 0 Å². The van der Waals surface area contributed by atoms with Crippen molar-refractivity contribution in [1.82, 2.24) is 9.88 Å². The van der Waals surface area contributed by atoms with Gasteiger partial charge in [0.25, 0.3) is 0 Å². The highest BCUT2D eigenvalue weighted by Crippen LogP contribution is 2.24. The quantitative estimate of drug-likeness (QED) is 0.929. The summed E-state index contributed by atoms with van der Waals surface area (Å²) < 4.78 is 0. The van der Waals surface area contributed by atoms with E-state index in [9.17, 15) is 5.11 Å². The summed E-state index contributed by atoms with van der Waals surface area (Å²) in [6.45, 7) is 1.91. The molecular weight excluding hydrogens is 256 g/mol. The average molecular weight is 274 g/mol. The normalized spacial score (nSPS) is 23.8. The maximum absolute atomic E-state index is 10.2. The minimum absolute atomic E-state index is 0.212. The topological polar surface area (TPSA) is 36.4 Å². The Labute approximate surface area is 117 Å². The first-order chi connectivity index (χ1) is 9.33. The summed E-state index contributed by atoms with van der Waals surface area (Å²) in [5, 5.41) is 14.5. The third-order valence-corrected chi connectivity index (χ3v) is 4.49. The van der Waals surface area contributed by atoms with Crippen LogP contribution in [-0.4, -0.2) is 33.7 Å². The molecule has 19 heavy (non-hydrogen) atoms. The van der Waals surface area contributed by atoms with Crippen LogP contribution in [0.5, 0.6) is 0 Å². The number of aliphatic hydroxyl groups is 1. The minimum Gasteiger partial charge on any atom is -0.391 e. The van der Waals surface area contributed by atoms with E-state index in [0.717, 1.165) is 25.9 Å². The van der Waals surface area contributed by atoms with Gasteiger partial charge in [0.15, 0.2) is 0 Å². The fourth-order valence-corrected chi connectivity index (χ4v) is 3.40. The number of aliphatic hydroxyl groups excluding tert-OH is 1. The third kappa shape index (κ3) is 3.03. The summed E-state index contributed by atoms with van der Waals surface area (Å²) in [5.74, 6) is 0. The lowest BCUT2D eigenvalue weighted by molar-refractivity contribution is 0.112. The van der Waals surface area contributed by atoms with Crippen LogP contribution in [0.15, 0.2) is 41.4 Å². The van der Waals surface area contributed by atoms with Gasteiger partial charge in [0.2, 0.25) is 0 Å². The second-order valence-corrected chi connectivity index (χ2v) is 5.87. The Hall–Kier alpha value is -1.23. The molecule has 0 radical (unpaired) electrons. The van der Waals surface area contributed by atoms with Gasteiger partial charge in [0, 0.05) is 31.5 Å². The van der Waals surface area contributed by atoms with E-state index in [0.29, 0.717) is 0 Å². The molecule has 0 saturated carbocycles. The van der Waals surface area contributed by atoms with E-state index in [1.165, 1.54) is 11.1 Å². The smallest absolute Gasteiger partial charge is 0.0710 e. The number of hydrogen-bond acceptors (Lipinski definition) is 4. The Kier molecular flexibility index (Phi) is 3.92. The number of aromatic nitrogens is 1. The highest BCUT2D eigenvalue weighted by Gasteiger charge is 2.32. The van der Waals surface area contributed by atoms with E-state index < -0.39 is 0 Å². The minimum atomic E-state index is -0.223. The van der Waals surface area contributed by atoms with Crippen LogP contribution >= 0.6 is 11.3 Å². The zero-order valence-electron chi connectivity index (χ0n) is 10.8. The van der Waals surface area contributed by atoms with Crippen molar-refractivity contribution >= 4 is 11.3 Å². The molecule has 1 fully saturated rings. The molecule has 0 spiro atoms. The fourth-order valence-electron chi connectivity index (χ4n) is 2.74. The van der Waals surface area contributed by atoms with E-state index in [1.807, 2.05) is 12.3 Å². The van der Waals surface area contributed by atoms with Crippen molar-refractivity contribution in [3.8, 4) is 0 Å². The summed E-state index contributed by atoms with van der Waals surface area (Å²) in [6.07, 6.45) is 5.21. The number of hydrogen-bond donors (Lipinski definition) is 1. The largest absolute Gasteiger partial charge is 0.391 e. The summed E-state index contributed by atoms with van der Waals surface area (Å²) in [6, 6.07) is 6.42. The molecule has 100 valence electrons. The van der Waals surface area contributed by atoms with E-state index in [2.05, 4.69) is 32.8 Å². The molecule has 0 aromatic carbocycles. The summed E-state index contributed by atoms with van der Waals surface area (Å²) in [7, 11) is 0. The van der Waals surface area contributed by atoms with Crippen LogP contribution in [0.4, 0.5) is 0 Å². The van der Waals surface area contributed by atoms with Crippen molar-refractivity contribution in [2.24, 2.45) is 0 Å². The van der Waals surface area contributed by atoms with Gasteiger partial charge >= 0.3 is 0 Å². The van der Waals surface area contributed by atoms with Gasteiger partial charge in [-0.15, -0.1) is 0 Å². The molecule has 1 saturated heterocycles. The Morgan fingerprint density at radius 1 is 1.37 bits per heavy atom. The van der Waals surface area contributed by atoms with Gasteiger partial charge in [-0.3, -0.25) is 9.88 Å². The van der Waals surface area contributed by atoms with Gasteiger partial charge in [-0.05, 0) is 46.9 Å². The van der Waals surface area contributed by atoms with Gasteiger partial charge in [-0.25, -0.2) is 0 Å². The first-order valence-electron chi connectivity index (χ1n) is 6.65. The molecule has 1 aliphatic heterocycles. The van der Waals surface area contributed by atoms with Crippen molar-refractivity contribution in [3.05, 3.63) is 52.5 Å². The molecule has 0 aliphatic carbocycles. The SMILES string of the molecule is O[C@@H]1CCN(Cc2ccsc2)[C@@H]1Cc1cccnc1. The first-order valence-corrected chi connectivity index (χ1v) is 7.59. The van der Waals surface area contributed by atoms with Crippen LogP contribution in [0, 0.1) is 0 Å². The zero-order chi connectivity index (χ0) is 13.1. The highest BCUT2D eigenvalue weighted by atomic mass is 32.1. The predicted octanol–water partition coefficient (Wildman–Crippen LogP) is 2.32. The lowest BCUT2D eigenvalue weighted by Crippen LogP contribution is -2.36. The van der Waals surface area contributed by atoms with Crippen molar-refractivity contribution in [3.63, 3.8) is 0 Å². The Morgan fingerprint density at radius 3 is 3.05 bits per heavy atom. The molecule has 0 unspecified atom stereocenters. The maximum Gasteiger partial charge on any atom is 0.0710 e. The van der Waals surface area contributed by atoms with Gasteiger partial charge in [0.05, 0.1) is 6.10 Å². The Balaban J connectivity index is 1.70. The Bertz CT molecular complexity index is 500. The van der Waals surface area contributed by atoms with Crippen LogP contribution < -0.4 is 0 Å². The standard InChI is InChI=1S/C15H18N2OS/c18-15-3-6-17(10-13-4-7-19-11-13)14(15)8-12-2-1-5-16-9-12/h1-2,4-5,7,9,11,14-15,18H,3,6,8,10H2/t14-,15-/m1/s1. The van der Waals surface area contributed by atoms with Gasteiger partial charge in [-0.1, -0.05) is 6.07 Å². The number of pyridine rings is 1. The van der Waals surface area contributed by atoms with Crippen LogP contribution in [0.25, 0.3) is 0 Å². The lowest BCUT2D eigenvalue weighted by atomic mass is 10.0. The molecule has 3 rings (SSSR count). The molecule has 3 heterocycles. The molecule has 1 N–H and O–H groups in total. The van der Waals surface area contributed by atoms with Crippen molar-refractivity contribution < 1.29 is 5.11 Å². The monoisotopic (exact) mass is 274 g/mol. The second kappa shape index (κ2) is 5.82. The Morgan fingerprint density at radius 2 is 2.32 bits per heavy atom. The van der Waals surface area contributed by atoms with E-state index in [4.69, 9.17) is 0 Å². The molecular formula is C15H18N2OS. The molecule has 0 bridgehead atoms. The van der Waals surface area contributed by atoms with Crippen LogP contribution in [-0.2, 0) is 13.0 Å². The summed E-state index contributed by atoms with van der Waals surface area (Å²) in [4.78, 5) is 6.54. The summed E-state index contributed by atoms with van der Waals surface area (Å²) >= 11 is 1.73. The molecule has 2 atom stereocenters. The third-order valence-electron chi connectivity index (χ3n) is 3.76. The maximum atomic E-state index is 10.2. The average Bonchev–Trinajstić information content (AvgIpc) is 3.05. The van der Waals surface area contributed by atoms with Gasteiger partial charge in [0.1, 0.15) is 0 Å². The number of thiophene rings is 1. The van der Waals surface area contributed by atoms with E-state index in [-0.39, 0.29) is 12.1 Å². The highest BCUT2D eigenvalue weighted by molar-refractivity contribution is 7.07. The number of rotatable bonds is 4. The predicted molar refractivity (Wildman–Crippen MR) is 77.1 cm³/mol. The van der Waals surface area contributed by atoms with Crippen molar-refractivity contribution in [1.29, 1.82) is 0 Å². The molecule has 3 nitrogen and oxygen atoms in total.